The van der Waals surface area contributed by atoms with Gasteiger partial charge >= 0.3 is 11.9 Å². The van der Waals surface area contributed by atoms with Crippen LogP contribution in [-0.2, 0) is 19.1 Å². The van der Waals surface area contributed by atoms with E-state index in [1.165, 1.54) is 6.42 Å². The molecule has 0 radical (unpaired) electrons. The van der Waals surface area contributed by atoms with Gasteiger partial charge in [-0.1, -0.05) is 19.3 Å². The Labute approximate surface area is 95.3 Å². The van der Waals surface area contributed by atoms with Crippen molar-refractivity contribution < 1.29 is 19.1 Å². The second kappa shape index (κ2) is 5.32. The minimum atomic E-state index is -0.270. The van der Waals surface area contributed by atoms with E-state index < -0.39 is 0 Å². The van der Waals surface area contributed by atoms with Crippen LogP contribution in [0.2, 0.25) is 0 Å². The van der Waals surface area contributed by atoms with Gasteiger partial charge in [0, 0.05) is 0 Å². The molecule has 0 aromatic rings. The number of hydrogen-bond acceptors (Lipinski definition) is 4. The maximum Gasteiger partial charge on any atom is 0.309 e. The fourth-order valence-corrected chi connectivity index (χ4v) is 2.62. The van der Waals surface area contributed by atoms with E-state index >= 15 is 0 Å². The van der Waals surface area contributed by atoms with Crippen molar-refractivity contribution in [2.75, 3.05) is 13.2 Å². The molecular weight excluding hydrogens is 208 g/mol. The van der Waals surface area contributed by atoms with Gasteiger partial charge in [-0.15, -0.1) is 0 Å². The summed E-state index contributed by atoms with van der Waals surface area (Å²) in [7, 11) is 0. The van der Waals surface area contributed by atoms with Crippen molar-refractivity contribution in [3.63, 3.8) is 0 Å². The van der Waals surface area contributed by atoms with Gasteiger partial charge in [0.2, 0.25) is 0 Å². The van der Waals surface area contributed by atoms with Crippen molar-refractivity contribution >= 4 is 11.9 Å². The van der Waals surface area contributed by atoms with Crippen LogP contribution in [0, 0.1) is 11.8 Å². The molecule has 0 aromatic heterocycles. The molecule has 2 aliphatic rings. The van der Waals surface area contributed by atoms with Crippen molar-refractivity contribution in [1.82, 2.24) is 0 Å². The van der Waals surface area contributed by atoms with E-state index in [-0.39, 0.29) is 37.5 Å². The maximum absolute atomic E-state index is 11.8. The van der Waals surface area contributed by atoms with Gasteiger partial charge in [0.05, 0.1) is 12.3 Å². The smallest absolute Gasteiger partial charge is 0.309 e. The Morgan fingerprint density at radius 3 is 2.38 bits per heavy atom. The summed E-state index contributed by atoms with van der Waals surface area (Å²) in [6, 6.07) is 0. The van der Waals surface area contributed by atoms with Crippen molar-refractivity contribution in [3.8, 4) is 0 Å². The molecule has 0 amide bonds. The molecule has 1 unspecified atom stereocenters. The van der Waals surface area contributed by atoms with E-state index in [1.54, 1.807) is 0 Å². The second-order valence-electron chi connectivity index (χ2n) is 4.60. The Kier molecular flexibility index (Phi) is 3.80. The predicted octanol–water partition coefficient (Wildman–Crippen LogP) is 1.67. The van der Waals surface area contributed by atoms with Crippen LogP contribution in [0.3, 0.4) is 0 Å². The molecule has 4 heteroatoms. The first-order valence-electron chi connectivity index (χ1n) is 6.09. The maximum atomic E-state index is 11.8. The first-order valence-corrected chi connectivity index (χ1v) is 6.09. The lowest BCUT2D eigenvalue weighted by Gasteiger charge is -2.29. The molecule has 1 saturated heterocycles. The lowest BCUT2D eigenvalue weighted by atomic mass is 9.78. The van der Waals surface area contributed by atoms with Crippen LogP contribution in [0.15, 0.2) is 0 Å². The summed E-state index contributed by atoms with van der Waals surface area (Å²) >= 11 is 0. The molecule has 1 aliphatic carbocycles. The van der Waals surface area contributed by atoms with Gasteiger partial charge < -0.3 is 9.47 Å². The standard InChI is InChI=1S/C12H18O4/c13-11-8-10(9-4-2-1-3-5-9)12(14)16-7-6-15-11/h9-10H,1-8H2. The Morgan fingerprint density at radius 2 is 1.62 bits per heavy atom. The van der Waals surface area contributed by atoms with Gasteiger partial charge in [0.25, 0.3) is 0 Å². The van der Waals surface area contributed by atoms with Crippen LogP contribution in [0.25, 0.3) is 0 Å². The Hall–Kier alpha value is -1.06. The van der Waals surface area contributed by atoms with Crippen LogP contribution >= 0.6 is 0 Å². The van der Waals surface area contributed by atoms with Crippen LogP contribution in [0.4, 0.5) is 0 Å². The number of carbonyl (C=O) groups excluding carboxylic acids is 2. The Bertz CT molecular complexity index is 268. The third-order valence-corrected chi connectivity index (χ3v) is 3.50. The van der Waals surface area contributed by atoms with Gasteiger partial charge in [-0.05, 0) is 18.8 Å². The molecular formula is C12H18O4. The highest BCUT2D eigenvalue weighted by Gasteiger charge is 2.34. The molecule has 1 aliphatic heterocycles. The van der Waals surface area contributed by atoms with Crippen LogP contribution in [0.1, 0.15) is 38.5 Å². The van der Waals surface area contributed by atoms with Crippen LogP contribution in [-0.4, -0.2) is 25.2 Å². The van der Waals surface area contributed by atoms with Gasteiger partial charge in [-0.2, -0.15) is 0 Å². The lowest BCUT2D eigenvalue weighted by molar-refractivity contribution is -0.166. The predicted molar refractivity (Wildman–Crippen MR) is 56.6 cm³/mol. The summed E-state index contributed by atoms with van der Waals surface area (Å²) in [6.45, 7) is 0.399. The van der Waals surface area contributed by atoms with E-state index in [9.17, 15) is 9.59 Å². The number of hydrogen-bond donors (Lipinski definition) is 0. The van der Waals surface area contributed by atoms with Gasteiger partial charge in [-0.3, -0.25) is 9.59 Å². The molecule has 1 atom stereocenters. The number of cyclic esters (lactones) is 2. The van der Waals surface area contributed by atoms with Crippen molar-refractivity contribution in [1.29, 1.82) is 0 Å². The summed E-state index contributed by atoms with van der Waals surface area (Å²) in [4.78, 5) is 23.2. The zero-order chi connectivity index (χ0) is 11.4. The fourth-order valence-electron chi connectivity index (χ4n) is 2.62. The molecule has 2 fully saturated rings. The van der Waals surface area contributed by atoms with Gasteiger partial charge in [0.1, 0.15) is 13.2 Å². The van der Waals surface area contributed by atoms with Crippen LogP contribution < -0.4 is 0 Å². The Balaban J connectivity index is 2.01. The average molecular weight is 226 g/mol. The molecule has 0 bridgehead atoms. The summed E-state index contributed by atoms with van der Waals surface area (Å²) in [5, 5.41) is 0. The van der Waals surface area contributed by atoms with Crippen molar-refractivity contribution in [2.24, 2.45) is 11.8 Å². The monoisotopic (exact) mass is 226 g/mol. The molecule has 0 aromatic carbocycles. The number of esters is 2. The SMILES string of the molecule is O=C1CC(C2CCCCC2)C(=O)OCCO1. The normalized spacial score (nSPS) is 28.9. The highest BCUT2D eigenvalue weighted by Crippen LogP contribution is 2.33. The van der Waals surface area contributed by atoms with Gasteiger partial charge in [-0.25, -0.2) is 0 Å². The third kappa shape index (κ3) is 2.74. The molecule has 1 heterocycles. The zero-order valence-corrected chi connectivity index (χ0v) is 9.44. The second-order valence-corrected chi connectivity index (χ2v) is 4.60. The van der Waals surface area contributed by atoms with Gasteiger partial charge in [0.15, 0.2) is 0 Å². The minimum Gasteiger partial charge on any atom is -0.462 e. The molecule has 1 saturated carbocycles. The summed E-state index contributed by atoms with van der Waals surface area (Å²) in [6.07, 6.45) is 5.82. The van der Waals surface area contributed by atoms with E-state index in [1.807, 2.05) is 0 Å². The van der Waals surface area contributed by atoms with E-state index in [0.717, 1.165) is 25.7 Å². The summed E-state index contributed by atoms with van der Waals surface area (Å²) in [5.41, 5.74) is 0. The summed E-state index contributed by atoms with van der Waals surface area (Å²) < 4.78 is 10.0. The summed E-state index contributed by atoms with van der Waals surface area (Å²) in [5.74, 6) is -0.421. The number of ether oxygens (including phenoxy) is 2. The largest absolute Gasteiger partial charge is 0.462 e. The van der Waals surface area contributed by atoms with Crippen molar-refractivity contribution in [3.05, 3.63) is 0 Å². The van der Waals surface area contributed by atoms with E-state index in [0.29, 0.717) is 5.92 Å². The lowest BCUT2D eigenvalue weighted by Crippen LogP contribution is -2.33. The highest BCUT2D eigenvalue weighted by atomic mass is 16.6. The third-order valence-electron chi connectivity index (χ3n) is 3.50. The topological polar surface area (TPSA) is 52.6 Å². The zero-order valence-electron chi connectivity index (χ0n) is 9.44. The number of carbonyl (C=O) groups is 2. The first-order chi connectivity index (χ1) is 7.77. The molecule has 90 valence electrons. The molecule has 16 heavy (non-hydrogen) atoms. The Morgan fingerprint density at radius 1 is 0.938 bits per heavy atom. The first kappa shape index (κ1) is 11.4. The van der Waals surface area contributed by atoms with Crippen LogP contribution in [0.5, 0.6) is 0 Å². The van der Waals surface area contributed by atoms with E-state index in [4.69, 9.17) is 9.47 Å². The number of rotatable bonds is 1. The van der Waals surface area contributed by atoms with Crippen molar-refractivity contribution in [2.45, 2.75) is 38.5 Å². The molecule has 0 spiro atoms. The highest BCUT2D eigenvalue weighted by molar-refractivity contribution is 5.80. The van der Waals surface area contributed by atoms with E-state index in [2.05, 4.69) is 0 Å². The molecule has 0 N–H and O–H groups in total. The fraction of sp³-hybridized carbons (Fsp3) is 0.833. The average Bonchev–Trinajstić information content (AvgIpc) is 2.30. The quantitative estimate of drug-likeness (QED) is 0.638. The molecule has 2 rings (SSSR count). The molecule has 4 nitrogen and oxygen atoms in total. The minimum absolute atomic E-state index is 0.196.